The molecule has 0 aliphatic carbocycles. The first-order chi connectivity index (χ1) is 42.9. The molecule has 8 rings (SSSR count). The topological polar surface area (TPSA) is 290 Å². The average Bonchev–Trinajstić information content (AvgIpc) is 2.32. The van der Waals surface area contributed by atoms with Crippen LogP contribution in [-0.2, 0) is 100 Å². The Morgan fingerprint density at radius 3 is 1.27 bits per heavy atom. The second-order valence-corrected chi connectivity index (χ2v) is 23.9. The van der Waals surface area contributed by atoms with Gasteiger partial charge in [-0.3, -0.25) is 9.59 Å². The number of rotatable bonds is 27. The summed E-state index contributed by atoms with van der Waals surface area (Å²) in [6.45, 7) is 17.8. The van der Waals surface area contributed by atoms with Crippen LogP contribution >= 0.6 is 0 Å². The number of azide groups is 2. The van der Waals surface area contributed by atoms with Gasteiger partial charge in [0.2, 0.25) is 0 Å². The molecule has 0 amide bonds. The van der Waals surface area contributed by atoms with E-state index < -0.39 is 158 Å². The molecule has 10 unspecified atom stereocenters. The monoisotopic (exact) mass is 1240 g/mol. The molecule has 25 atom stereocenters. The summed E-state index contributed by atoms with van der Waals surface area (Å²) in [6, 6.07) is 26.8. The van der Waals surface area contributed by atoms with Gasteiger partial charge in [-0.2, -0.15) is 0 Å². The van der Waals surface area contributed by atoms with Gasteiger partial charge in [-0.15, -0.1) is 12.3 Å². The van der Waals surface area contributed by atoms with Crippen LogP contribution in [0, 0.1) is 41.9 Å². The third-order valence-corrected chi connectivity index (χ3v) is 17.3. The van der Waals surface area contributed by atoms with Crippen molar-refractivity contribution in [2.75, 3.05) is 19.8 Å². The zero-order valence-corrected chi connectivity index (χ0v) is 52.4. The summed E-state index contributed by atoms with van der Waals surface area (Å²) in [5.74, 6) is -1.33. The molecule has 89 heavy (non-hydrogen) atoms. The molecular weight excluding hydrogens is 1150 g/mol. The highest BCUT2D eigenvalue weighted by Crippen LogP contribution is 2.43. The Labute approximate surface area is 521 Å². The number of nitrogens with zero attached hydrogens (tertiary/aromatic N) is 6. The molecule has 3 aromatic carbocycles. The molecule has 1 N–H and O–H groups in total. The van der Waals surface area contributed by atoms with Gasteiger partial charge < -0.3 is 76.2 Å². The first-order valence-corrected chi connectivity index (χ1v) is 30.8. The third kappa shape index (κ3) is 18.0. The molecule has 5 saturated heterocycles. The maximum Gasteiger partial charge on any atom is 0.302 e. The summed E-state index contributed by atoms with van der Waals surface area (Å²) in [4.78, 5) is 31.6. The highest BCUT2D eigenvalue weighted by molar-refractivity contribution is 5.66. The fraction of sp³-hybridized carbons (Fsp3) is 0.662. The van der Waals surface area contributed by atoms with Crippen molar-refractivity contribution in [2.24, 2.45) is 39.8 Å². The number of aliphatic hydroxyl groups excluding tert-OH is 1. The fourth-order valence-electron chi connectivity index (χ4n) is 12.3. The number of esters is 2. The van der Waals surface area contributed by atoms with Crippen molar-refractivity contribution in [1.29, 1.82) is 0 Å². The van der Waals surface area contributed by atoms with Crippen molar-refractivity contribution in [1.82, 2.24) is 0 Å². The van der Waals surface area contributed by atoms with E-state index >= 15 is 0 Å². The van der Waals surface area contributed by atoms with E-state index in [1.165, 1.54) is 13.8 Å². The zero-order valence-electron chi connectivity index (χ0n) is 52.4. The highest BCUT2D eigenvalue weighted by atomic mass is 16.8. The summed E-state index contributed by atoms with van der Waals surface area (Å²) in [5, 5.41) is 19.8. The predicted molar refractivity (Wildman–Crippen MR) is 320 cm³/mol. The second-order valence-electron chi connectivity index (χ2n) is 23.9. The average molecular weight is 1240 g/mol. The van der Waals surface area contributed by atoms with Crippen LogP contribution in [-0.4, -0.2) is 160 Å². The standard InChI is InChI=1S/C65H88N6O18/c1-12-13-23-30-75-61-39(5)57(79-32-47-26-19-15-20-27-47)59(42(8)82-61)88-64-52(69-71-67)37(3)55(50(85-64)35-77-45(11)73)87-63-40(6)58(80-33-48-28-21-16-22-29-48)60(43(9)83-63)89-65-51(68-70-66)36(2)54(49(84-65)34-76-44(10)72)86-62-38(4)56(53(74)41(7)81-62)78-31-46-24-17-14-18-25-46/h1,14-22,24-29,36-43,49-65,74H,13,23,30-35H2,2-11H3/t36-,37-,38?,39?,40?,41?,42?,43?,49?,50?,51?,52?,53+,54-,55-,56+,57+,58+,59+,60+,61-,62+,63+,64+,65+/m1/s1. The Morgan fingerprint density at radius 2 is 0.865 bits per heavy atom. The maximum atomic E-state index is 12.6. The largest absolute Gasteiger partial charge is 0.463 e. The smallest absolute Gasteiger partial charge is 0.302 e. The zero-order chi connectivity index (χ0) is 63.7. The first-order valence-electron chi connectivity index (χ1n) is 30.8. The van der Waals surface area contributed by atoms with Gasteiger partial charge in [0.25, 0.3) is 0 Å². The van der Waals surface area contributed by atoms with Gasteiger partial charge in [0.15, 0.2) is 31.5 Å². The van der Waals surface area contributed by atoms with Crippen molar-refractivity contribution in [2.45, 2.75) is 225 Å². The number of ether oxygens (including phenoxy) is 15. The lowest BCUT2D eigenvalue weighted by molar-refractivity contribution is -0.367. The SMILES string of the molecule is C#CCCCO[C@@H]1OC(C)[C@H](O[C@@H]2OC(COC(C)=O)[C@H](O[C@@H]3OC(C)[C@H](O[C@@H]4OC(COC(C)=O)[C@H](O[C@@H]5OC(C)[C@H](O)[C@@H](OCc6ccccc6)C5C)[C@H](C)C4N=[N+]=[N-])[C@@H](OCc4ccccc4)C3C)[C@H](C)C2N=[N+]=[N-])[C@@H](OCc2ccccc2)C1C. The summed E-state index contributed by atoms with van der Waals surface area (Å²) in [7, 11) is 0. The molecule has 3 aromatic rings. The number of terminal acetylenes is 1. The first kappa shape index (κ1) is 69.1. The van der Waals surface area contributed by atoms with Crippen LogP contribution in [0.1, 0.15) is 98.8 Å². The molecule has 0 radical (unpaired) electrons. The van der Waals surface area contributed by atoms with Crippen LogP contribution in [0.25, 0.3) is 20.9 Å². The Hall–Kier alpha value is -5.78. The van der Waals surface area contributed by atoms with E-state index in [9.17, 15) is 25.8 Å². The van der Waals surface area contributed by atoms with E-state index in [1.54, 1.807) is 13.8 Å². The number of carbonyl (C=O) groups is 2. The second kappa shape index (κ2) is 33.5. The Kier molecular flexibility index (Phi) is 26.0. The van der Waals surface area contributed by atoms with Crippen molar-refractivity contribution in [3.8, 4) is 12.3 Å². The van der Waals surface area contributed by atoms with Crippen LogP contribution in [0.15, 0.2) is 101 Å². The minimum absolute atomic E-state index is 0.136. The predicted octanol–water partition coefficient (Wildman–Crippen LogP) is 9.42. The van der Waals surface area contributed by atoms with E-state index in [0.29, 0.717) is 19.4 Å². The Bertz CT molecular complexity index is 2820. The summed E-state index contributed by atoms with van der Waals surface area (Å²) in [6.07, 6.45) is -9.26. The molecule has 24 nitrogen and oxygen atoms in total. The normalized spacial score (nSPS) is 37.2. The summed E-state index contributed by atoms with van der Waals surface area (Å²) in [5.41, 5.74) is 23.1. The number of aliphatic hydroxyl groups is 1. The molecule has 5 aliphatic heterocycles. The van der Waals surface area contributed by atoms with Crippen LogP contribution in [0.4, 0.5) is 0 Å². The number of benzene rings is 3. The number of unbranched alkanes of at least 4 members (excludes halogenated alkanes) is 1. The quantitative estimate of drug-likeness (QED) is 0.0186. The molecule has 486 valence electrons. The van der Waals surface area contributed by atoms with E-state index in [1.807, 2.05) is 133 Å². The number of hydrogen-bond donors (Lipinski definition) is 1. The van der Waals surface area contributed by atoms with Gasteiger partial charge in [-0.25, -0.2) is 0 Å². The van der Waals surface area contributed by atoms with E-state index in [4.69, 9.17) is 77.5 Å². The minimum Gasteiger partial charge on any atom is -0.463 e. The molecule has 5 heterocycles. The van der Waals surface area contributed by atoms with E-state index in [2.05, 4.69) is 26.0 Å². The van der Waals surface area contributed by atoms with Crippen molar-refractivity contribution >= 4 is 11.9 Å². The Balaban J connectivity index is 1.04. The molecule has 0 bridgehead atoms. The molecule has 0 saturated carbocycles. The lowest BCUT2D eigenvalue weighted by atomic mass is 9.87. The Morgan fingerprint density at radius 1 is 0.494 bits per heavy atom. The summed E-state index contributed by atoms with van der Waals surface area (Å²) >= 11 is 0. The van der Waals surface area contributed by atoms with Crippen LogP contribution in [0.5, 0.6) is 0 Å². The molecule has 24 heteroatoms. The van der Waals surface area contributed by atoms with Crippen LogP contribution < -0.4 is 0 Å². The van der Waals surface area contributed by atoms with Gasteiger partial charge in [0.1, 0.15) is 43.7 Å². The minimum atomic E-state index is -1.28. The lowest BCUT2D eigenvalue weighted by Gasteiger charge is -2.51. The van der Waals surface area contributed by atoms with Crippen molar-refractivity contribution in [3.63, 3.8) is 0 Å². The molecule has 0 aromatic heterocycles. The highest BCUT2D eigenvalue weighted by Gasteiger charge is 2.55. The molecule has 5 fully saturated rings. The van der Waals surface area contributed by atoms with Crippen molar-refractivity contribution in [3.05, 3.63) is 129 Å². The molecule has 5 aliphatic rings. The van der Waals surface area contributed by atoms with Gasteiger partial charge in [-0.05, 0) is 66.8 Å². The van der Waals surface area contributed by atoms with Gasteiger partial charge in [-0.1, -0.05) is 136 Å². The molecular formula is C65H88N6O18. The molecule has 0 spiro atoms. The fourth-order valence-corrected chi connectivity index (χ4v) is 12.3. The summed E-state index contributed by atoms with van der Waals surface area (Å²) < 4.78 is 98.2. The lowest BCUT2D eigenvalue weighted by Crippen LogP contribution is -2.63. The van der Waals surface area contributed by atoms with E-state index in [0.717, 1.165) is 16.7 Å². The van der Waals surface area contributed by atoms with E-state index in [-0.39, 0.29) is 39.0 Å². The van der Waals surface area contributed by atoms with Crippen molar-refractivity contribution < 1.29 is 85.7 Å². The van der Waals surface area contributed by atoms with Gasteiger partial charge in [0.05, 0.1) is 87.3 Å². The van der Waals surface area contributed by atoms with Gasteiger partial charge in [0, 0.05) is 47.8 Å². The van der Waals surface area contributed by atoms with Crippen LogP contribution in [0.3, 0.4) is 0 Å². The third-order valence-electron chi connectivity index (χ3n) is 17.3. The number of hydrogen-bond acceptors (Lipinski definition) is 20. The number of carbonyl (C=O) groups excluding carboxylic acids is 2. The van der Waals surface area contributed by atoms with Gasteiger partial charge >= 0.3 is 11.9 Å². The van der Waals surface area contributed by atoms with Crippen LogP contribution in [0.2, 0.25) is 0 Å². The maximum absolute atomic E-state index is 12.6.